The van der Waals surface area contributed by atoms with Crippen molar-refractivity contribution < 1.29 is 4.39 Å². The number of hydrogen-bond donors (Lipinski definition) is 2. The lowest BCUT2D eigenvalue weighted by Gasteiger charge is -2.33. The zero-order valence-corrected chi connectivity index (χ0v) is 17.2. The predicted octanol–water partition coefficient (Wildman–Crippen LogP) is 3.92. The van der Waals surface area contributed by atoms with Crippen LogP contribution in [0.1, 0.15) is 24.0 Å². The van der Waals surface area contributed by atoms with Gasteiger partial charge < -0.3 is 10.6 Å². The number of benzene rings is 2. The molecule has 2 aromatic rings. The molecule has 4 nitrogen and oxygen atoms in total. The van der Waals surface area contributed by atoms with Crippen LogP contribution in [-0.4, -0.2) is 37.0 Å². The van der Waals surface area contributed by atoms with Gasteiger partial charge in [-0.05, 0) is 30.5 Å². The summed E-state index contributed by atoms with van der Waals surface area (Å²) in [5.41, 5.74) is 1.98. The molecular formula is C21H26BrFN4. The maximum absolute atomic E-state index is 13.9. The van der Waals surface area contributed by atoms with Crippen molar-refractivity contribution in [2.45, 2.75) is 32.0 Å². The highest BCUT2D eigenvalue weighted by Crippen LogP contribution is 2.16. The number of guanidine groups is 1. The van der Waals surface area contributed by atoms with Crippen molar-refractivity contribution in [1.82, 2.24) is 15.5 Å². The van der Waals surface area contributed by atoms with Crippen LogP contribution in [0.2, 0.25) is 0 Å². The van der Waals surface area contributed by atoms with E-state index in [-0.39, 0.29) is 5.82 Å². The van der Waals surface area contributed by atoms with E-state index < -0.39 is 0 Å². The Labute approximate surface area is 169 Å². The molecule has 1 aliphatic rings. The first-order valence-corrected chi connectivity index (χ1v) is 10.1. The minimum absolute atomic E-state index is 0.221. The molecular weight excluding hydrogens is 407 g/mol. The maximum atomic E-state index is 13.9. The van der Waals surface area contributed by atoms with E-state index in [1.54, 1.807) is 13.1 Å². The molecule has 0 aliphatic carbocycles. The van der Waals surface area contributed by atoms with Crippen molar-refractivity contribution in [1.29, 1.82) is 0 Å². The average molecular weight is 433 g/mol. The maximum Gasteiger partial charge on any atom is 0.191 e. The first-order valence-electron chi connectivity index (χ1n) is 9.31. The van der Waals surface area contributed by atoms with Crippen LogP contribution < -0.4 is 10.6 Å². The van der Waals surface area contributed by atoms with Gasteiger partial charge in [-0.25, -0.2) is 4.39 Å². The molecule has 0 spiro atoms. The highest BCUT2D eigenvalue weighted by Gasteiger charge is 2.20. The molecule has 0 saturated carbocycles. The van der Waals surface area contributed by atoms with E-state index in [0.29, 0.717) is 18.2 Å². The zero-order valence-electron chi connectivity index (χ0n) is 15.6. The summed E-state index contributed by atoms with van der Waals surface area (Å²) in [5, 5.41) is 6.69. The fraction of sp³-hybridized carbons (Fsp3) is 0.381. The Kier molecular flexibility index (Phi) is 7.24. The van der Waals surface area contributed by atoms with E-state index in [9.17, 15) is 4.39 Å². The molecule has 0 unspecified atom stereocenters. The fourth-order valence-electron chi connectivity index (χ4n) is 3.31. The highest BCUT2D eigenvalue weighted by atomic mass is 79.9. The van der Waals surface area contributed by atoms with Crippen molar-refractivity contribution in [2.24, 2.45) is 4.99 Å². The summed E-state index contributed by atoms with van der Waals surface area (Å²) in [6.07, 6.45) is 2.14. The third-order valence-corrected chi connectivity index (χ3v) is 5.36. The van der Waals surface area contributed by atoms with Crippen LogP contribution in [0.4, 0.5) is 4.39 Å². The van der Waals surface area contributed by atoms with Crippen LogP contribution in [0.3, 0.4) is 0 Å². The van der Waals surface area contributed by atoms with Gasteiger partial charge in [0, 0.05) is 49.3 Å². The van der Waals surface area contributed by atoms with E-state index in [4.69, 9.17) is 0 Å². The second-order valence-corrected chi connectivity index (χ2v) is 7.76. The highest BCUT2D eigenvalue weighted by molar-refractivity contribution is 9.10. The molecule has 1 heterocycles. The smallest absolute Gasteiger partial charge is 0.191 e. The van der Waals surface area contributed by atoms with Gasteiger partial charge in [0.05, 0.1) is 0 Å². The van der Waals surface area contributed by atoms with Crippen LogP contribution >= 0.6 is 15.9 Å². The number of nitrogens with one attached hydrogen (secondary N) is 2. The molecule has 2 aromatic carbocycles. The van der Waals surface area contributed by atoms with Gasteiger partial charge in [0.2, 0.25) is 0 Å². The summed E-state index contributed by atoms with van der Waals surface area (Å²) in [5.74, 6) is 0.500. The topological polar surface area (TPSA) is 39.7 Å². The Morgan fingerprint density at radius 2 is 1.93 bits per heavy atom. The molecule has 0 atom stereocenters. The first-order chi connectivity index (χ1) is 13.1. The number of likely N-dealkylation sites (tertiary alicyclic amines) is 1. The number of nitrogens with zero attached hydrogens (tertiary/aromatic N) is 2. The van der Waals surface area contributed by atoms with Crippen LogP contribution in [0.15, 0.2) is 58.0 Å². The predicted molar refractivity (Wildman–Crippen MR) is 112 cm³/mol. The standard InChI is InChI=1S/C21H26BrFN4/c1-24-21(25-14-17-7-8-18(22)13-20(17)23)26-19-9-11-27(12-10-19)15-16-5-3-2-4-6-16/h2-8,13,19H,9-12,14-15H2,1H3,(H2,24,25,26). The Bertz CT molecular complexity index is 758. The van der Waals surface area contributed by atoms with E-state index in [0.717, 1.165) is 42.9 Å². The molecule has 0 aromatic heterocycles. The molecule has 1 saturated heterocycles. The largest absolute Gasteiger partial charge is 0.354 e. The minimum Gasteiger partial charge on any atom is -0.354 e. The monoisotopic (exact) mass is 432 g/mol. The van der Waals surface area contributed by atoms with E-state index in [2.05, 4.69) is 66.8 Å². The summed E-state index contributed by atoms with van der Waals surface area (Å²) >= 11 is 3.28. The van der Waals surface area contributed by atoms with Gasteiger partial charge in [0.15, 0.2) is 5.96 Å². The second kappa shape index (κ2) is 9.85. The van der Waals surface area contributed by atoms with Crippen molar-refractivity contribution in [2.75, 3.05) is 20.1 Å². The van der Waals surface area contributed by atoms with Gasteiger partial charge in [0.1, 0.15) is 5.82 Å². The lowest BCUT2D eigenvalue weighted by atomic mass is 10.0. The Morgan fingerprint density at radius 3 is 2.59 bits per heavy atom. The van der Waals surface area contributed by atoms with E-state index in [1.807, 2.05) is 6.07 Å². The van der Waals surface area contributed by atoms with E-state index in [1.165, 1.54) is 11.6 Å². The van der Waals surface area contributed by atoms with E-state index >= 15 is 0 Å². The number of aliphatic imine (C=N–C) groups is 1. The molecule has 27 heavy (non-hydrogen) atoms. The number of halogens is 2. The quantitative estimate of drug-likeness (QED) is 0.555. The van der Waals surface area contributed by atoms with Gasteiger partial charge in [-0.1, -0.05) is 52.3 Å². The van der Waals surface area contributed by atoms with Gasteiger partial charge in [-0.2, -0.15) is 0 Å². The minimum atomic E-state index is -0.221. The lowest BCUT2D eigenvalue weighted by molar-refractivity contribution is 0.198. The number of rotatable bonds is 5. The molecule has 6 heteroatoms. The van der Waals surface area contributed by atoms with Crippen molar-refractivity contribution in [3.05, 3.63) is 69.9 Å². The third-order valence-electron chi connectivity index (χ3n) is 4.86. The molecule has 1 aliphatic heterocycles. The molecule has 144 valence electrons. The summed E-state index contributed by atoms with van der Waals surface area (Å²) in [4.78, 5) is 6.77. The summed E-state index contributed by atoms with van der Waals surface area (Å²) in [6, 6.07) is 16.1. The SMILES string of the molecule is CN=C(NCc1ccc(Br)cc1F)NC1CCN(Cc2ccccc2)CC1. The zero-order chi connectivity index (χ0) is 19.1. The normalized spacial score (nSPS) is 16.3. The molecule has 0 bridgehead atoms. The molecule has 1 fully saturated rings. The number of hydrogen-bond acceptors (Lipinski definition) is 2. The molecule has 2 N–H and O–H groups in total. The lowest BCUT2D eigenvalue weighted by Crippen LogP contribution is -2.48. The van der Waals surface area contributed by atoms with Gasteiger partial charge in [-0.3, -0.25) is 9.89 Å². The van der Waals surface area contributed by atoms with Crippen molar-refractivity contribution in [3.63, 3.8) is 0 Å². The Hall–Kier alpha value is -1.92. The van der Waals surface area contributed by atoms with Gasteiger partial charge in [0.25, 0.3) is 0 Å². The number of piperidine rings is 1. The molecule has 0 amide bonds. The second-order valence-electron chi connectivity index (χ2n) is 6.84. The van der Waals surface area contributed by atoms with Crippen molar-refractivity contribution >= 4 is 21.9 Å². The summed E-state index contributed by atoms with van der Waals surface area (Å²) < 4.78 is 14.7. The van der Waals surface area contributed by atoms with Crippen LogP contribution in [-0.2, 0) is 13.1 Å². The summed E-state index contributed by atoms with van der Waals surface area (Å²) in [6.45, 7) is 3.53. The Balaban J connectivity index is 1.44. The first kappa shape index (κ1) is 19.8. The Morgan fingerprint density at radius 1 is 1.19 bits per heavy atom. The van der Waals surface area contributed by atoms with Crippen molar-refractivity contribution in [3.8, 4) is 0 Å². The summed E-state index contributed by atoms with van der Waals surface area (Å²) in [7, 11) is 1.75. The van der Waals surface area contributed by atoms with Crippen LogP contribution in [0.5, 0.6) is 0 Å². The fourth-order valence-corrected chi connectivity index (χ4v) is 3.64. The van der Waals surface area contributed by atoms with Crippen LogP contribution in [0.25, 0.3) is 0 Å². The van der Waals surface area contributed by atoms with Gasteiger partial charge in [-0.15, -0.1) is 0 Å². The molecule has 3 rings (SSSR count). The molecule has 0 radical (unpaired) electrons. The third kappa shape index (κ3) is 6.04. The van der Waals surface area contributed by atoms with Gasteiger partial charge >= 0.3 is 0 Å². The van der Waals surface area contributed by atoms with Crippen LogP contribution in [0, 0.1) is 5.82 Å². The average Bonchev–Trinajstić information content (AvgIpc) is 2.68.